The van der Waals surface area contributed by atoms with Gasteiger partial charge in [-0.15, -0.1) is 0 Å². The number of amides is 2. The first-order valence-electron chi connectivity index (χ1n) is 12.6. The molecule has 0 bridgehead atoms. The molecule has 37 heavy (non-hydrogen) atoms. The molecule has 2 aliphatic heterocycles. The van der Waals surface area contributed by atoms with Crippen LogP contribution in [0, 0.1) is 11.8 Å². The zero-order chi connectivity index (χ0) is 27.8. The molecule has 2 saturated heterocycles. The summed E-state index contributed by atoms with van der Waals surface area (Å²) in [6.45, 7) is 12.1. The molecule has 0 aliphatic carbocycles. The number of carbonyl (C=O) groups excluding carboxylic acids is 3. The number of carbonyl (C=O) groups is 3. The lowest BCUT2D eigenvalue weighted by molar-refractivity contribution is -0.128. The number of hydrogen-bond acceptors (Lipinski definition) is 9. The van der Waals surface area contributed by atoms with Crippen LogP contribution in [0.3, 0.4) is 0 Å². The molecule has 2 N–H and O–H groups in total. The van der Waals surface area contributed by atoms with Gasteiger partial charge in [0.1, 0.15) is 11.3 Å². The van der Waals surface area contributed by atoms with Crippen molar-refractivity contribution in [1.29, 1.82) is 0 Å². The van der Waals surface area contributed by atoms with Gasteiger partial charge < -0.3 is 24.3 Å². The third kappa shape index (κ3) is 13.0. The summed E-state index contributed by atoms with van der Waals surface area (Å²) in [6.07, 6.45) is 3.78. The van der Waals surface area contributed by atoms with Gasteiger partial charge in [-0.3, -0.25) is 14.9 Å². The molecule has 2 aliphatic rings. The Labute approximate surface area is 224 Å². The minimum absolute atomic E-state index is 0.0342. The smallest absolute Gasteiger partial charge is 0.413 e. The van der Waals surface area contributed by atoms with Crippen molar-refractivity contribution in [2.24, 2.45) is 11.8 Å². The van der Waals surface area contributed by atoms with Crippen molar-refractivity contribution in [3.8, 4) is 5.88 Å². The van der Waals surface area contributed by atoms with Crippen molar-refractivity contribution in [2.75, 3.05) is 38.9 Å². The largest absolute Gasteiger partial charge is 0.480 e. The van der Waals surface area contributed by atoms with Crippen molar-refractivity contribution in [2.45, 2.75) is 72.4 Å². The van der Waals surface area contributed by atoms with E-state index in [0.29, 0.717) is 45.0 Å². The summed E-state index contributed by atoms with van der Waals surface area (Å²) in [7, 11) is 1.45. The van der Waals surface area contributed by atoms with Crippen LogP contribution in [0.25, 0.3) is 0 Å². The van der Waals surface area contributed by atoms with Crippen LogP contribution in [-0.2, 0) is 30.3 Å². The molecule has 1 aromatic rings. The van der Waals surface area contributed by atoms with Crippen LogP contribution < -0.4 is 15.4 Å². The molecule has 3 rings (SSSR count). The number of nitrogens with one attached hydrogen (secondary N) is 2. The summed E-state index contributed by atoms with van der Waals surface area (Å²) in [5.41, 5.74) is -0.140. The van der Waals surface area contributed by atoms with Crippen molar-refractivity contribution >= 4 is 34.7 Å². The van der Waals surface area contributed by atoms with Crippen LogP contribution in [0.4, 0.5) is 10.6 Å². The number of hydrogen-bond donors (Lipinski definition) is 2. The van der Waals surface area contributed by atoms with E-state index in [-0.39, 0.29) is 41.2 Å². The number of rotatable bonds is 6. The summed E-state index contributed by atoms with van der Waals surface area (Å²) in [5.74, 6) is 0.408. The monoisotopic (exact) mass is 544 g/mol. The van der Waals surface area contributed by atoms with Gasteiger partial charge in [0.05, 0.1) is 19.9 Å². The normalized spacial score (nSPS) is 16.2. The Kier molecular flexibility index (Phi) is 15.0. The minimum Gasteiger partial charge on any atom is -0.480 e. The van der Waals surface area contributed by atoms with Crippen LogP contribution in [0.15, 0.2) is 6.20 Å². The topological polar surface area (TPSA) is 138 Å². The molecule has 3 heterocycles. The second kappa shape index (κ2) is 17.1. The molecule has 2 fully saturated rings. The standard InChI is InChI=1S/C17H26N4O5.C6H9ClO2.C2H6/c1-17(2,3)26-16(23)21-13-10-18-12(15(20-13)24-4)9-19-14(22)11-5-7-25-8-6-11;7-6(8)5-1-3-9-4-2-5;1-2/h10-11H,5-9H2,1-4H3,(H,19,22)(H,20,21,23);5H,1-4H2;1-2H3. The van der Waals surface area contributed by atoms with E-state index in [1.807, 2.05) is 13.8 Å². The summed E-state index contributed by atoms with van der Waals surface area (Å²) in [5, 5.41) is 5.14. The fourth-order valence-electron chi connectivity index (χ4n) is 3.35. The first-order chi connectivity index (χ1) is 17.6. The number of methoxy groups -OCH3 is 1. The lowest BCUT2D eigenvalue weighted by atomic mass is 9.99. The van der Waals surface area contributed by atoms with Crippen molar-refractivity contribution in [3.05, 3.63) is 11.9 Å². The maximum absolute atomic E-state index is 12.2. The van der Waals surface area contributed by atoms with Gasteiger partial charge in [0.2, 0.25) is 17.0 Å². The summed E-state index contributed by atoms with van der Waals surface area (Å²) in [6, 6.07) is 0. The van der Waals surface area contributed by atoms with Crippen molar-refractivity contribution < 1.29 is 33.3 Å². The molecule has 2 amide bonds. The Morgan fingerprint density at radius 2 is 1.57 bits per heavy atom. The predicted molar refractivity (Wildman–Crippen MR) is 140 cm³/mol. The molecule has 11 nitrogen and oxygen atoms in total. The van der Waals surface area contributed by atoms with Gasteiger partial charge in [-0.2, -0.15) is 4.98 Å². The van der Waals surface area contributed by atoms with Crippen LogP contribution in [0.1, 0.15) is 66.0 Å². The quantitative estimate of drug-likeness (QED) is 0.507. The summed E-state index contributed by atoms with van der Waals surface area (Å²) in [4.78, 5) is 42.9. The molecule has 0 radical (unpaired) electrons. The molecule has 0 atom stereocenters. The van der Waals surface area contributed by atoms with Gasteiger partial charge in [-0.1, -0.05) is 13.8 Å². The highest BCUT2D eigenvalue weighted by molar-refractivity contribution is 6.63. The van der Waals surface area contributed by atoms with Gasteiger partial charge in [0.15, 0.2) is 5.82 Å². The lowest BCUT2D eigenvalue weighted by Crippen LogP contribution is -2.34. The van der Waals surface area contributed by atoms with E-state index in [1.165, 1.54) is 13.3 Å². The van der Waals surface area contributed by atoms with E-state index in [9.17, 15) is 14.4 Å². The molecular formula is C25H41ClN4O7. The average Bonchev–Trinajstić information content (AvgIpc) is 2.89. The fourth-order valence-corrected chi connectivity index (χ4v) is 3.57. The predicted octanol–water partition coefficient (Wildman–Crippen LogP) is 4.08. The van der Waals surface area contributed by atoms with E-state index in [4.69, 9.17) is 30.5 Å². The van der Waals surface area contributed by atoms with E-state index >= 15 is 0 Å². The van der Waals surface area contributed by atoms with Crippen LogP contribution in [-0.4, -0.2) is 66.3 Å². The van der Waals surface area contributed by atoms with Gasteiger partial charge in [0.25, 0.3) is 0 Å². The van der Waals surface area contributed by atoms with Gasteiger partial charge in [-0.05, 0) is 58.1 Å². The van der Waals surface area contributed by atoms with Crippen LogP contribution >= 0.6 is 11.6 Å². The lowest BCUT2D eigenvalue weighted by Gasteiger charge is -2.21. The molecule has 210 valence electrons. The maximum atomic E-state index is 12.2. The second-order valence-electron chi connectivity index (χ2n) is 9.13. The number of halogens is 1. The highest BCUT2D eigenvalue weighted by atomic mass is 35.5. The third-order valence-electron chi connectivity index (χ3n) is 5.20. The number of nitrogens with zero attached hydrogens (tertiary/aromatic N) is 2. The number of anilines is 1. The molecule has 12 heteroatoms. The number of ether oxygens (including phenoxy) is 4. The molecule has 0 unspecified atom stereocenters. The molecule has 1 aromatic heterocycles. The molecule has 0 saturated carbocycles. The first-order valence-corrected chi connectivity index (χ1v) is 13.0. The maximum Gasteiger partial charge on any atom is 0.413 e. The van der Waals surface area contributed by atoms with Crippen molar-refractivity contribution in [1.82, 2.24) is 15.3 Å². The Balaban J connectivity index is 0.000000519. The fraction of sp³-hybridized carbons (Fsp3) is 0.720. The van der Waals surface area contributed by atoms with Gasteiger partial charge in [-0.25, -0.2) is 9.78 Å². The van der Waals surface area contributed by atoms with E-state index in [1.54, 1.807) is 20.8 Å². The molecule has 0 spiro atoms. The van der Waals surface area contributed by atoms with Crippen LogP contribution in [0.5, 0.6) is 5.88 Å². The van der Waals surface area contributed by atoms with Crippen molar-refractivity contribution in [3.63, 3.8) is 0 Å². The summed E-state index contributed by atoms with van der Waals surface area (Å²) >= 11 is 5.26. The average molecular weight is 545 g/mol. The molecule has 0 aromatic carbocycles. The first kappa shape index (κ1) is 32.5. The zero-order valence-corrected chi connectivity index (χ0v) is 23.5. The Morgan fingerprint density at radius 1 is 1.03 bits per heavy atom. The zero-order valence-electron chi connectivity index (χ0n) is 22.7. The minimum atomic E-state index is -0.630. The molecular weight excluding hydrogens is 504 g/mol. The van der Waals surface area contributed by atoms with E-state index < -0.39 is 11.7 Å². The van der Waals surface area contributed by atoms with Gasteiger partial charge in [0, 0.05) is 38.3 Å². The highest BCUT2D eigenvalue weighted by Crippen LogP contribution is 2.19. The van der Waals surface area contributed by atoms with E-state index in [2.05, 4.69) is 20.6 Å². The number of aromatic nitrogens is 2. The highest BCUT2D eigenvalue weighted by Gasteiger charge is 2.22. The Morgan fingerprint density at radius 3 is 2.03 bits per heavy atom. The Bertz CT molecular complexity index is 852. The van der Waals surface area contributed by atoms with Crippen LogP contribution in [0.2, 0.25) is 0 Å². The Hall–Kier alpha value is -2.50. The van der Waals surface area contributed by atoms with Gasteiger partial charge >= 0.3 is 6.09 Å². The summed E-state index contributed by atoms with van der Waals surface area (Å²) < 4.78 is 20.7. The third-order valence-corrected chi connectivity index (χ3v) is 5.51. The second-order valence-corrected chi connectivity index (χ2v) is 9.51. The SMILES string of the molecule is CC.COc1nc(NC(=O)OC(C)(C)C)cnc1CNC(=O)C1CCOCC1.O=C(Cl)C1CCOCC1. The van der Waals surface area contributed by atoms with E-state index in [0.717, 1.165) is 12.8 Å².